The smallest absolute Gasteiger partial charge is 0.241 e. The molecule has 0 fully saturated rings. The number of nitrogens with zero attached hydrogens (tertiary/aromatic N) is 1. The van der Waals surface area contributed by atoms with E-state index >= 15 is 0 Å². The first-order valence-electron chi connectivity index (χ1n) is 4.99. The number of halogens is 3. The Hall–Kier alpha value is -1.36. The van der Waals surface area contributed by atoms with Gasteiger partial charge in [0.05, 0.1) is 16.3 Å². The first-order valence-corrected chi connectivity index (χ1v) is 5.81. The van der Waals surface area contributed by atoms with E-state index in [-0.39, 0.29) is 0 Å². The van der Waals surface area contributed by atoms with Gasteiger partial charge in [0.15, 0.2) is 0 Å². The van der Waals surface area contributed by atoms with E-state index in [1.165, 1.54) is 17.4 Å². The van der Waals surface area contributed by atoms with E-state index in [9.17, 15) is 13.2 Å². The molecule has 5 heteroatoms. The number of thiazole rings is 1. The van der Waals surface area contributed by atoms with Gasteiger partial charge in [-0.15, -0.1) is 11.3 Å². The van der Waals surface area contributed by atoms with E-state index in [2.05, 4.69) is 4.98 Å². The zero-order valence-corrected chi connectivity index (χ0v) is 10.1. The maximum atomic E-state index is 12.6. The Morgan fingerprint density at radius 3 is 2.41 bits per heavy atom. The van der Waals surface area contributed by atoms with Crippen LogP contribution in [0.3, 0.4) is 0 Å². The molecule has 0 saturated heterocycles. The highest BCUT2D eigenvalue weighted by molar-refractivity contribution is 7.11. The van der Waals surface area contributed by atoms with Gasteiger partial charge < -0.3 is 0 Å². The minimum absolute atomic E-state index is 0.515. The first kappa shape index (κ1) is 12.1. The van der Waals surface area contributed by atoms with Crippen molar-refractivity contribution in [1.82, 2.24) is 4.98 Å². The minimum atomic E-state index is -4.31. The fourth-order valence-electron chi connectivity index (χ4n) is 1.64. The molecule has 1 heterocycles. The number of aryl methyl sites for hydroxylation is 2. The fourth-order valence-corrected chi connectivity index (χ4v) is 2.48. The van der Waals surface area contributed by atoms with Crippen LogP contribution in [0.5, 0.6) is 0 Å². The summed E-state index contributed by atoms with van der Waals surface area (Å²) >= 11 is 1.49. The summed E-state index contributed by atoms with van der Waals surface area (Å²) in [7, 11) is 0. The fraction of sp³-hybridized carbons (Fsp3) is 0.250. The van der Waals surface area contributed by atoms with Gasteiger partial charge >= 0.3 is 6.18 Å². The molecular formula is C12H10F3NS. The molecule has 0 amide bonds. The summed E-state index contributed by atoms with van der Waals surface area (Å²) in [6.45, 7) is 3.70. The van der Waals surface area contributed by atoms with Crippen LogP contribution >= 0.6 is 11.3 Å². The summed E-state index contributed by atoms with van der Waals surface area (Å²) in [5, 5.41) is 0.856. The molecule has 2 aromatic rings. The average Bonchev–Trinajstić information content (AvgIpc) is 2.57. The molecule has 1 aromatic carbocycles. The number of benzene rings is 1. The third-order valence-corrected chi connectivity index (χ3v) is 3.25. The first-order chi connectivity index (χ1) is 7.88. The van der Waals surface area contributed by atoms with Crippen LogP contribution < -0.4 is 0 Å². The van der Waals surface area contributed by atoms with Gasteiger partial charge in [0.25, 0.3) is 0 Å². The Morgan fingerprint density at radius 2 is 1.88 bits per heavy atom. The number of hydrogen-bond donors (Lipinski definition) is 0. The highest BCUT2D eigenvalue weighted by Crippen LogP contribution is 2.33. The Bertz CT molecular complexity index is 543. The van der Waals surface area contributed by atoms with Crippen molar-refractivity contribution in [2.75, 3.05) is 0 Å². The second kappa shape index (κ2) is 4.14. The van der Waals surface area contributed by atoms with Gasteiger partial charge in [-0.3, -0.25) is 0 Å². The summed E-state index contributed by atoms with van der Waals surface area (Å²) in [5.74, 6) is 0. The SMILES string of the molecule is Cc1nc(-c2cccc(C(F)(F)F)c2)c(C)s1. The molecule has 17 heavy (non-hydrogen) atoms. The van der Waals surface area contributed by atoms with Crippen molar-refractivity contribution >= 4 is 11.3 Å². The van der Waals surface area contributed by atoms with Gasteiger partial charge in [0, 0.05) is 10.4 Å². The molecule has 0 spiro atoms. The summed E-state index contributed by atoms with van der Waals surface area (Å²) in [6.07, 6.45) is -4.31. The number of aromatic nitrogens is 1. The summed E-state index contributed by atoms with van der Waals surface area (Å²) in [6, 6.07) is 5.27. The van der Waals surface area contributed by atoms with E-state index in [4.69, 9.17) is 0 Å². The van der Waals surface area contributed by atoms with Gasteiger partial charge in [0.2, 0.25) is 0 Å². The number of alkyl halides is 3. The van der Waals surface area contributed by atoms with Gasteiger partial charge in [0.1, 0.15) is 0 Å². The lowest BCUT2D eigenvalue weighted by molar-refractivity contribution is -0.137. The van der Waals surface area contributed by atoms with Gasteiger partial charge in [-0.05, 0) is 26.0 Å². The summed E-state index contributed by atoms with van der Waals surface area (Å²) in [5.41, 5.74) is 0.514. The normalized spacial score (nSPS) is 11.8. The molecule has 0 aliphatic heterocycles. The van der Waals surface area contributed by atoms with Gasteiger partial charge in [-0.2, -0.15) is 13.2 Å². The van der Waals surface area contributed by atoms with Crippen LogP contribution in [0.25, 0.3) is 11.3 Å². The van der Waals surface area contributed by atoms with Crippen molar-refractivity contribution < 1.29 is 13.2 Å². The lowest BCUT2D eigenvalue weighted by Gasteiger charge is -2.07. The minimum Gasteiger partial charge on any atom is -0.241 e. The quantitative estimate of drug-likeness (QED) is 0.735. The summed E-state index contributed by atoms with van der Waals surface area (Å²) < 4.78 is 37.7. The molecule has 0 radical (unpaired) electrons. The molecule has 0 aliphatic carbocycles. The monoisotopic (exact) mass is 257 g/mol. The highest BCUT2D eigenvalue weighted by Gasteiger charge is 2.30. The Morgan fingerprint density at radius 1 is 1.18 bits per heavy atom. The predicted molar refractivity (Wildman–Crippen MR) is 62.0 cm³/mol. The molecule has 90 valence electrons. The van der Waals surface area contributed by atoms with Crippen LogP contribution in [-0.2, 0) is 6.18 Å². The van der Waals surface area contributed by atoms with E-state index in [0.717, 1.165) is 22.0 Å². The molecule has 0 bridgehead atoms. The van der Waals surface area contributed by atoms with Gasteiger partial charge in [-0.25, -0.2) is 4.98 Å². The average molecular weight is 257 g/mol. The topological polar surface area (TPSA) is 12.9 Å². The van der Waals surface area contributed by atoms with Crippen molar-refractivity contribution in [2.45, 2.75) is 20.0 Å². The van der Waals surface area contributed by atoms with Crippen LogP contribution in [0.1, 0.15) is 15.4 Å². The zero-order chi connectivity index (χ0) is 12.6. The second-order valence-electron chi connectivity index (χ2n) is 3.72. The molecule has 0 saturated carbocycles. The van der Waals surface area contributed by atoms with Crippen molar-refractivity contribution in [1.29, 1.82) is 0 Å². The van der Waals surface area contributed by atoms with Crippen LogP contribution in [0.15, 0.2) is 24.3 Å². The van der Waals surface area contributed by atoms with Crippen LogP contribution in [0, 0.1) is 13.8 Å². The van der Waals surface area contributed by atoms with Crippen molar-refractivity contribution in [3.05, 3.63) is 39.7 Å². The predicted octanol–water partition coefficient (Wildman–Crippen LogP) is 4.45. The van der Waals surface area contributed by atoms with Crippen molar-refractivity contribution in [3.63, 3.8) is 0 Å². The molecule has 1 nitrogen and oxygen atoms in total. The van der Waals surface area contributed by atoms with E-state index in [1.54, 1.807) is 6.07 Å². The second-order valence-corrected chi connectivity index (χ2v) is 5.12. The van der Waals surface area contributed by atoms with E-state index < -0.39 is 11.7 Å². The molecule has 0 N–H and O–H groups in total. The molecule has 0 atom stereocenters. The lowest BCUT2D eigenvalue weighted by atomic mass is 10.1. The Labute approximate surface area is 101 Å². The standard InChI is InChI=1S/C12H10F3NS/c1-7-11(16-8(2)17-7)9-4-3-5-10(6-9)12(13,14)15/h3-6H,1-2H3. The third kappa shape index (κ3) is 2.49. The zero-order valence-electron chi connectivity index (χ0n) is 9.30. The third-order valence-electron chi connectivity index (χ3n) is 2.37. The number of hydrogen-bond acceptors (Lipinski definition) is 2. The van der Waals surface area contributed by atoms with Crippen LogP contribution in [0.2, 0.25) is 0 Å². The molecule has 0 unspecified atom stereocenters. The maximum Gasteiger partial charge on any atom is 0.416 e. The van der Waals surface area contributed by atoms with Gasteiger partial charge in [-0.1, -0.05) is 12.1 Å². The van der Waals surface area contributed by atoms with Crippen molar-refractivity contribution in [2.24, 2.45) is 0 Å². The molecule has 2 rings (SSSR count). The van der Waals surface area contributed by atoms with E-state index in [0.29, 0.717) is 11.3 Å². The highest BCUT2D eigenvalue weighted by atomic mass is 32.1. The molecular weight excluding hydrogens is 247 g/mol. The summed E-state index contributed by atoms with van der Waals surface area (Å²) in [4.78, 5) is 5.19. The lowest BCUT2D eigenvalue weighted by Crippen LogP contribution is -2.04. The molecule has 1 aromatic heterocycles. The molecule has 0 aliphatic rings. The Kier molecular flexibility index (Phi) is 2.95. The van der Waals surface area contributed by atoms with Crippen LogP contribution in [0.4, 0.5) is 13.2 Å². The van der Waals surface area contributed by atoms with E-state index in [1.807, 2.05) is 13.8 Å². The van der Waals surface area contributed by atoms with Crippen molar-refractivity contribution in [3.8, 4) is 11.3 Å². The maximum absolute atomic E-state index is 12.6. The number of rotatable bonds is 1. The Balaban J connectivity index is 2.50. The van der Waals surface area contributed by atoms with Crippen LogP contribution in [-0.4, -0.2) is 4.98 Å². The largest absolute Gasteiger partial charge is 0.416 e.